The summed E-state index contributed by atoms with van der Waals surface area (Å²) >= 11 is 0. The van der Waals surface area contributed by atoms with Crippen LogP contribution >= 0.6 is 0 Å². The number of nitro groups is 1. The number of non-ortho nitro benzene ring substituents is 1. The van der Waals surface area contributed by atoms with Gasteiger partial charge in [0.15, 0.2) is 0 Å². The van der Waals surface area contributed by atoms with Gasteiger partial charge in [0.25, 0.3) is 15.8 Å². The summed E-state index contributed by atoms with van der Waals surface area (Å²) in [6.07, 6.45) is 2.55. The van der Waals surface area contributed by atoms with Crippen LogP contribution in [0.4, 0.5) is 5.69 Å². The summed E-state index contributed by atoms with van der Waals surface area (Å²) in [5, 5.41) is 10.6. The summed E-state index contributed by atoms with van der Waals surface area (Å²) in [6.45, 7) is 0. The van der Waals surface area contributed by atoms with Crippen LogP contribution in [0.3, 0.4) is 0 Å². The summed E-state index contributed by atoms with van der Waals surface area (Å²) in [7, 11) is -2.25. The molecule has 0 aliphatic heterocycles. The lowest BCUT2D eigenvalue weighted by molar-refractivity contribution is -0.384. The molecule has 21 heavy (non-hydrogen) atoms. The highest BCUT2D eigenvalue weighted by Crippen LogP contribution is 2.26. The Hall–Kier alpha value is -1.51. The quantitative estimate of drug-likeness (QED) is 0.470. The average Bonchev–Trinajstić information content (AvgIpc) is 2.48. The zero-order chi connectivity index (χ0) is 15.5. The topological polar surface area (TPSA) is 95.7 Å². The lowest BCUT2D eigenvalue weighted by Crippen LogP contribution is -2.27. The third kappa shape index (κ3) is 3.99. The van der Waals surface area contributed by atoms with Crippen LogP contribution in [-0.2, 0) is 19.0 Å². The molecular weight excluding hydrogens is 298 g/mol. The van der Waals surface area contributed by atoms with E-state index < -0.39 is 15.0 Å². The van der Waals surface area contributed by atoms with Crippen molar-refractivity contribution in [2.45, 2.75) is 42.8 Å². The molecule has 0 amide bonds. The molecule has 1 aliphatic rings. The molecule has 1 saturated carbocycles. The van der Waals surface area contributed by atoms with Crippen LogP contribution in [0.2, 0.25) is 0 Å². The number of hydrogen-bond acceptors (Lipinski definition) is 6. The van der Waals surface area contributed by atoms with E-state index in [1.54, 1.807) is 7.11 Å². The van der Waals surface area contributed by atoms with Crippen LogP contribution in [0.15, 0.2) is 29.2 Å². The van der Waals surface area contributed by atoms with Crippen molar-refractivity contribution in [1.29, 1.82) is 0 Å². The van der Waals surface area contributed by atoms with Gasteiger partial charge in [-0.15, -0.1) is 0 Å². The predicted molar refractivity (Wildman–Crippen MR) is 74.4 cm³/mol. The molecule has 116 valence electrons. The van der Waals surface area contributed by atoms with Crippen LogP contribution in [0.1, 0.15) is 25.7 Å². The minimum atomic E-state index is -3.89. The van der Waals surface area contributed by atoms with E-state index in [0.717, 1.165) is 25.0 Å². The van der Waals surface area contributed by atoms with Gasteiger partial charge in [0, 0.05) is 19.2 Å². The Kier molecular flexibility index (Phi) is 4.92. The van der Waals surface area contributed by atoms with Crippen LogP contribution in [-0.4, -0.2) is 32.7 Å². The van der Waals surface area contributed by atoms with Crippen molar-refractivity contribution in [3.63, 3.8) is 0 Å². The second-order valence-corrected chi connectivity index (χ2v) is 6.51. The van der Waals surface area contributed by atoms with Crippen LogP contribution in [0, 0.1) is 10.1 Å². The van der Waals surface area contributed by atoms with Crippen LogP contribution in [0.25, 0.3) is 0 Å². The Balaban J connectivity index is 2.03. The molecule has 0 atom stereocenters. The minimum absolute atomic E-state index is 0.0676. The van der Waals surface area contributed by atoms with E-state index in [0.29, 0.717) is 12.8 Å². The van der Waals surface area contributed by atoms with E-state index in [1.807, 2.05) is 0 Å². The lowest BCUT2D eigenvalue weighted by Gasteiger charge is -2.26. The van der Waals surface area contributed by atoms with Gasteiger partial charge in [0.1, 0.15) is 0 Å². The molecule has 1 fully saturated rings. The van der Waals surface area contributed by atoms with E-state index in [1.165, 1.54) is 12.1 Å². The normalized spacial score (nSPS) is 22.9. The van der Waals surface area contributed by atoms with Gasteiger partial charge in [0.2, 0.25) is 0 Å². The van der Waals surface area contributed by atoms with Crippen molar-refractivity contribution in [3.05, 3.63) is 34.4 Å². The molecule has 0 aromatic heterocycles. The molecule has 1 aliphatic carbocycles. The molecular formula is C13H17NO6S. The lowest BCUT2D eigenvalue weighted by atomic mass is 9.95. The fourth-order valence-electron chi connectivity index (χ4n) is 2.33. The summed E-state index contributed by atoms with van der Waals surface area (Å²) in [4.78, 5) is 9.90. The molecule has 8 heteroatoms. The molecule has 0 bridgehead atoms. The van der Waals surface area contributed by atoms with Crippen molar-refractivity contribution in [2.75, 3.05) is 7.11 Å². The van der Waals surface area contributed by atoms with Gasteiger partial charge in [-0.1, -0.05) is 0 Å². The molecule has 0 spiro atoms. The minimum Gasteiger partial charge on any atom is -0.381 e. The molecule has 0 unspecified atom stereocenters. The third-order valence-corrected chi connectivity index (χ3v) is 4.93. The molecule has 2 rings (SSSR count). The van der Waals surface area contributed by atoms with Gasteiger partial charge in [-0.25, -0.2) is 0 Å². The van der Waals surface area contributed by atoms with Crippen molar-refractivity contribution >= 4 is 15.8 Å². The predicted octanol–water partition coefficient (Wildman–Crippen LogP) is 2.26. The fourth-order valence-corrected chi connectivity index (χ4v) is 3.46. The van der Waals surface area contributed by atoms with E-state index in [2.05, 4.69) is 0 Å². The summed E-state index contributed by atoms with van der Waals surface area (Å²) in [5.74, 6) is 0. The van der Waals surface area contributed by atoms with E-state index in [9.17, 15) is 18.5 Å². The first kappa shape index (κ1) is 15.9. The molecule has 1 aromatic carbocycles. The first-order valence-corrected chi connectivity index (χ1v) is 8.04. The van der Waals surface area contributed by atoms with Crippen molar-refractivity contribution in [1.82, 2.24) is 0 Å². The summed E-state index contributed by atoms with van der Waals surface area (Å²) in [5.41, 5.74) is -0.158. The molecule has 0 heterocycles. The monoisotopic (exact) mass is 315 g/mol. The smallest absolute Gasteiger partial charge is 0.297 e. The second kappa shape index (κ2) is 6.50. The number of nitro benzene ring substituents is 1. The Bertz CT molecular complexity index is 590. The standard InChI is InChI=1S/C13H17NO6S/c1-19-11-4-6-12(7-5-11)20-21(17,18)13-8-2-10(3-9-13)14(15)16/h2-3,8-9,11-12H,4-7H2,1H3/t11-,12-. The molecule has 0 N–H and O–H groups in total. The van der Waals surface area contributed by atoms with E-state index in [4.69, 9.17) is 8.92 Å². The number of nitrogens with zero attached hydrogens (tertiary/aromatic N) is 1. The van der Waals surface area contributed by atoms with Gasteiger partial charge in [-0.2, -0.15) is 8.42 Å². The summed E-state index contributed by atoms with van der Waals surface area (Å²) in [6, 6.07) is 4.68. The third-order valence-electron chi connectivity index (χ3n) is 3.55. The first-order chi connectivity index (χ1) is 9.92. The molecule has 0 radical (unpaired) electrons. The van der Waals surface area contributed by atoms with Crippen molar-refractivity contribution < 1.29 is 22.3 Å². The number of benzene rings is 1. The Labute approximate surface area is 123 Å². The highest BCUT2D eigenvalue weighted by atomic mass is 32.2. The number of ether oxygens (including phenoxy) is 1. The van der Waals surface area contributed by atoms with Crippen molar-refractivity contribution in [2.24, 2.45) is 0 Å². The van der Waals surface area contributed by atoms with Gasteiger partial charge >= 0.3 is 0 Å². The second-order valence-electron chi connectivity index (χ2n) is 4.94. The van der Waals surface area contributed by atoms with Crippen LogP contribution < -0.4 is 0 Å². The zero-order valence-electron chi connectivity index (χ0n) is 11.6. The molecule has 1 aromatic rings. The fraction of sp³-hybridized carbons (Fsp3) is 0.538. The Morgan fingerprint density at radius 3 is 2.10 bits per heavy atom. The maximum Gasteiger partial charge on any atom is 0.297 e. The summed E-state index contributed by atoms with van der Waals surface area (Å²) < 4.78 is 34.6. The maximum absolute atomic E-state index is 12.1. The SMILES string of the molecule is CO[C@H]1CC[C@H](OS(=O)(=O)c2ccc([N+](=O)[O-])cc2)CC1. The maximum atomic E-state index is 12.1. The zero-order valence-corrected chi connectivity index (χ0v) is 12.4. The number of hydrogen-bond donors (Lipinski definition) is 0. The highest BCUT2D eigenvalue weighted by molar-refractivity contribution is 7.86. The molecule has 7 nitrogen and oxygen atoms in total. The van der Waals surface area contributed by atoms with Gasteiger partial charge in [-0.05, 0) is 37.8 Å². The van der Waals surface area contributed by atoms with Gasteiger partial charge < -0.3 is 4.74 Å². The van der Waals surface area contributed by atoms with Crippen molar-refractivity contribution in [3.8, 4) is 0 Å². The van der Waals surface area contributed by atoms with Gasteiger partial charge in [0.05, 0.1) is 22.0 Å². The first-order valence-electron chi connectivity index (χ1n) is 6.63. The number of methoxy groups -OCH3 is 1. The average molecular weight is 315 g/mol. The van der Waals surface area contributed by atoms with E-state index >= 15 is 0 Å². The molecule has 0 saturated heterocycles. The Morgan fingerprint density at radius 2 is 1.62 bits per heavy atom. The largest absolute Gasteiger partial charge is 0.381 e. The Morgan fingerprint density at radius 1 is 1.10 bits per heavy atom. The van der Waals surface area contributed by atoms with Crippen LogP contribution in [0.5, 0.6) is 0 Å². The number of rotatable bonds is 5. The highest BCUT2D eigenvalue weighted by Gasteiger charge is 2.27. The van der Waals surface area contributed by atoms with E-state index in [-0.39, 0.29) is 22.8 Å². The van der Waals surface area contributed by atoms with Gasteiger partial charge in [-0.3, -0.25) is 14.3 Å².